The molecule has 5 rings (SSSR count). The SMILES string of the molecule is NCCCNC(=O)C(Cc1ccccc1)NC(=O)C12CC3CC(CC(C3)C1)C2. The molecule has 0 aromatic heterocycles. The van der Waals surface area contributed by atoms with Crippen molar-refractivity contribution in [2.75, 3.05) is 13.1 Å². The first-order chi connectivity index (χ1) is 13.6. The van der Waals surface area contributed by atoms with E-state index >= 15 is 0 Å². The number of carbonyl (C=O) groups excluding carboxylic acids is 2. The van der Waals surface area contributed by atoms with Crippen molar-refractivity contribution in [2.24, 2.45) is 28.9 Å². The summed E-state index contributed by atoms with van der Waals surface area (Å²) in [7, 11) is 0. The van der Waals surface area contributed by atoms with Crippen molar-refractivity contribution in [3.8, 4) is 0 Å². The number of hydrogen-bond acceptors (Lipinski definition) is 3. The van der Waals surface area contributed by atoms with Crippen molar-refractivity contribution in [3.63, 3.8) is 0 Å². The van der Waals surface area contributed by atoms with Crippen molar-refractivity contribution >= 4 is 11.8 Å². The molecule has 0 spiro atoms. The molecule has 1 aromatic rings. The van der Waals surface area contributed by atoms with E-state index in [2.05, 4.69) is 10.6 Å². The molecule has 0 aliphatic heterocycles. The third kappa shape index (κ3) is 4.09. The summed E-state index contributed by atoms with van der Waals surface area (Å²) in [5.41, 5.74) is 6.37. The first-order valence-corrected chi connectivity index (χ1v) is 10.9. The van der Waals surface area contributed by atoms with Crippen LogP contribution in [0.3, 0.4) is 0 Å². The monoisotopic (exact) mass is 383 g/mol. The van der Waals surface area contributed by atoms with Crippen molar-refractivity contribution in [2.45, 2.75) is 57.4 Å². The molecule has 0 heterocycles. The van der Waals surface area contributed by atoms with Gasteiger partial charge in [0.05, 0.1) is 0 Å². The Balaban J connectivity index is 1.46. The third-order valence-corrected chi connectivity index (χ3v) is 7.10. The number of nitrogens with one attached hydrogen (secondary N) is 2. The second kappa shape index (κ2) is 8.24. The summed E-state index contributed by atoms with van der Waals surface area (Å²) in [5.74, 6) is 2.14. The van der Waals surface area contributed by atoms with Crippen LogP contribution in [0, 0.1) is 23.2 Å². The Kier molecular flexibility index (Phi) is 5.72. The van der Waals surface area contributed by atoms with Gasteiger partial charge in [0, 0.05) is 18.4 Å². The van der Waals surface area contributed by atoms with Crippen LogP contribution in [0.25, 0.3) is 0 Å². The van der Waals surface area contributed by atoms with Crippen LogP contribution in [0.1, 0.15) is 50.5 Å². The molecule has 0 saturated heterocycles. The molecular formula is C23H33N3O2. The first-order valence-electron chi connectivity index (χ1n) is 10.9. The van der Waals surface area contributed by atoms with Crippen LogP contribution in [-0.4, -0.2) is 30.9 Å². The number of nitrogens with two attached hydrogens (primary N) is 1. The van der Waals surface area contributed by atoms with Crippen molar-refractivity contribution in [1.29, 1.82) is 0 Å². The van der Waals surface area contributed by atoms with Crippen LogP contribution in [0.15, 0.2) is 30.3 Å². The third-order valence-electron chi connectivity index (χ3n) is 7.10. The highest BCUT2D eigenvalue weighted by Crippen LogP contribution is 2.60. The molecular weight excluding hydrogens is 350 g/mol. The summed E-state index contributed by atoms with van der Waals surface area (Å²) >= 11 is 0. The Morgan fingerprint density at radius 2 is 1.64 bits per heavy atom. The van der Waals surface area contributed by atoms with E-state index in [1.807, 2.05) is 30.3 Å². The molecule has 2 amide bonds. The average Bonchev–Trinajstić information content (AvgIpc) is 2.67. The van der Waals surface area contributed by atoms with E-state index in [0.29, 0.717) is 37.3 Å². The van der Waals surface area contributed by atoms with E-state index in [-0.39, 0.29) is 17.2 Å². The summed E-state index contributed by atoms with van der Waals surface area (Å²) in [6.07, 6.45) is 8.21. The molecule has 1 atom stereocenters. The lowest BCUT2D eigenvalue weighted by Gasteiger charge is -2.55. The lowest BCUT2D eigenvalue weighted by Crippen LogP contribution is -2.57. The van der Waals surface area contributed by atoms with Gasteiger partial charge in [-0.3, -0.25) is 9.59 Å². The summed E-state index contributed by atoms with van der Waals surface area (Å²) in [4.78, 5) is 26.2. The highest BCUT2D eigenvalue weighted by molar-refractivity contribution is 5.90. The lowest BCUT2D eigenvalue weighted by atomic mass is 9.49. The molecule has 4 aliphatic rings. The Hall–Kier alpha value is -1.88. The van der Waals surface area contributed by atoms with E-state index in [0.717, 1.165) is 31.2 Å². The molecule has 28 heavy (non-hydrogen) atoms. The van der Waals surface area contributed by atoms with Gasteiger partial charge in [0.15, 0.2) is 0 Å². The number of hydrogen-bond donors (Lipinski definition) is 3. The van der Waals surface area contributed by atoms with E-state index in [9.17, 15) is 9.59 Å². The van der Waals surface area contributed by atoms with E-state index in [1.165, 1.54) is 19.3 Å². The number of carbonyl (C=O) groups is 2. The maximum Gasteiger partial charge on any atom is 0.242 e. The fourth-order valence-electron chi connectivity index (χ4n) is 6.20. The van der Waals surface area contributed by atoms with Crippen molar-refractivity contribution < 1.29 is 9.59 Å². The summed E-state index contributed by atoms with van der Waals surface area (Å²) in [6, 6.07) is 9.40. The minimum atomic E-state index is -0.527. The lowest BCUT2D eigenvalue weighted by molar-refractivity contribution is -0.148. The average molecular weight is 384 g/mol. The number of rotatable bonds is 8. The maximum absolute atomic E-state index is 13.4. The molecule has 1 aromatic carbocycles. The summed E-state index contributed by atoms with van der Waals surface area (Å²) < 4.78 is 0. The first kappa shape index (κ1) is 19.4. The van der Waals surface area contributed by atoms with Crippen molar-refractivity contribution in [1.82, 2.24) is 10.6 Å². The standard InChI is InChI=1S/C23H33N3O2/c24-7-4-8-25-21(27)20(12-16-5-2-1-3-6-16)26-22(28)23-13-17-9-18(14-23)11-19(10-17)15-23/h1-3,5-6,17-20H,4,7-15,24H2,(H,25,27)(H,26,28). The van der Waals surface area contributed by atoms with Crippen LogP contribution < -0.4 is 16.4 Å². The van der Waals surface area contributed by atoms with Gasteiger partial charge in [0.1, 0.15) is 6.04 Å². The molecule has 4 saturated carbocycles. The van der Waals surface area contributed by atoms with Gasteiger partial charge in [-0.1, -0.05) is 30.3 Å². The van der Waals surface area contributed by atoms with Gasteiger partial charge in [-0.05, 0) is 74.8 Å². The topological polar surface area (TPSA) is 84.2 Å². The second-order valence-electron chi connectivity index (χ2n) is 9.35. The Morgan fingerprint density at radius 3 is 2.21 bits per heavy atom. The quantitative estimate of drug-likeness (QED) is 0.603. The molecule has 4 N–H and O–H groups in total. The summed E-state index contributed by atoms with van der Waals surface area (Å²) in [5, 5.41) is 6.12. The number of amides is 2. The van der Waals surface area contributed by atoms with Gasteiger partial charge in [-0.25, -0.2) is 0 Å². The predicted octanol–water partition coefficient (Wildman–Crippen LogP) is 2.40. The molecule has 5 nitrogen and oxygen atoms in total. The van der Waals surface area contributed by atoms with Gasteiger partial charge in [-0.2, -0.15) is 0 Å². The molecule has 4 aliphatic carbocycles. The minimum Gasteiger partial charge on any atom is -0.354 e. The van der Waals surface area contributed by atoms with Gasteiger partial charge < -0.3 is 16.4 Å². The minimum absolute atomic E-state index is 0.101. The van der Waals surface area contributed by atoms with Crippen molar-refractivity contribution in [3.05, 3.63) is 35.9 Å². The molecule has 5 heteroatoms. The Bertz CT molecular complexity index is 668. The van der Waals surface area contributed by atoms with Gasteiger partial charge >= 0.3 is 0 Å². The predicted molar refractivity (Wildman–Crippen MR) is 109 cm³/mol. The Labute approximate surface area is 167 Å². The van der Waals surface area contributed by atoms with Crippen LogP contribution in [0.5, 0.6) is 0 Å². The van der Waals surface area contributed by atoms with Crippen LogP contribution in [0.2, 0.25) is 0 Å². The molecule has 4 fully saturated rings. The van der Waals surface area contributed by atoms with Gasteiger partial charge in [-0.15, -0.1) is 0 Å². The summed E-state index contributed by atoms with van der Waals surface area (Å²) in [6.45, 7) is 1.09. The highest BCUT2D eigenvalue weighted by Gasteiger charge is 2.54. The Morgan fingerprint density at radius 1 is 1.04 bits per heavy atom. The smallest absolute Gasteiger partial charge is 0.242 e. The zero-order chi connectivity index (χ0) is 19.6. The number of benzene rings is 1. The van der Waals surface area contributed by atoms with E-state index in [4.69, 9.17) is 5.73 Å². The molecule has 0 radical (unpaired) electrons. The molecule has 4 bridgehead atoms. The molecule has 152 valence electrons. The fraction of sp³-hybridized carbons (Fsp3) is 0.652. The normalized spacial score (nSPS) is 31.4. The van der Waals surface area contributed by atoms with E-state index in [1.54, 1.807) is 0 Å². The zero-order valence-corrected chi connectivity index (χ0v) is 16.7. The van der Waals surface area contributed by atoms with Crippen LogP contribution in [0.4, 0.5) is 0 Å². The second-order valence-corrected chi connectivity index (χ2v) is 9.35. The van der Waals surface area contributed by atoms with E-state index < -0.39 is 6.04 Å². The molecule has 1 unspecified atom stereocenters. The van der Waals surface area contributed by atoms with Crippen LogP contribution in [-0.2, 0) is 16.0 Å². The largest absolute Gasteiger partial charge is 0.354 e. The fourth-order valence-corrected chi connectivity index (χ4v) is 6.20. The van der Waals surface area contributed by atoms with Gasteiger partial charge in [0.25, 0.3) is 0 Å². The van der Waals surface area contributed by atoms with Gasteiger partial charge in [0.2, 0.25) is 11.8 Å². The zero-order valence-electron chi connectivity index (χ0n) is 16.7. The van der Waals surface area contributed by atoms with Crippen LogP contribution >= 0.6 is 0 Å². The maximum atomic E-state index is 13.4. The highest BCUT2D eigenvalue weighted by atomic mass is 16.2.